The minimum absolute atomic E-state index is 0.119. The van der Waals surface area contributed by atoms with Gasteiger partial charge in [0, 0.05) is 22.2 Å². The van der Waals surface area contributed by atoms with E-state index < -0.39 is 15.9 Å². The van der Waals surface area contributed by atoms with Crippen molar-refractivity contribution in [3.8, 4) is 0 Å². The Morgan fingerprint density at radius 3 is 2.48 bits per heavy atom. The Morgan fingerprint density at radius 1 is 1.22 bits per heavy atom. The van der Waals surface area contributed by atoms with E-state index in [4.69, 9.17) is 11.6 Å². The highest BCUT2D eigenvalue weighted by molar-refractivity contribution is 9.10. The number of carbonyl (C=O) groups excluding carboxylic acids is 1. The van der Waals surface area contributed by atoms with Crippen LogP contribution in [0.4, 0.5) is 5.69 Å². The number of sulfonamides is 1. The Morgan fingerprint density at radius 2 is 1.87 bits per heavy atom. The fourth-order valence-electron chi connectivity index (χ4n) is 1.83. The first kappa shape index (κ1) is 17.9. The number of rotatable bonds is 5. The van der Waals surface area contributed by atoms with Crippen molar-refractivity contribution in [3.63, 3.8) is 0 Å². The van der Waals surface area contributed by atoms with E-state index in [9.17, 15) is 13.2 Å². The number of nitrogens with one attached hydrogen (secondary N) is 1. The number of benzene rings is 2. The molecule has 0 saturated carbocycles. The number of nitrogens with zero attached hydrogens (tertiary/aromatic N) is 1. The third kappa shape index (κ3) is 4.78. The molecule has 2 rings (SSSR count). The molecule has 122 valence electrons. The number of hydrogen-bond acceptors (Lipinski definition) is 3. The Hall–Kier alpha value is -1.41. The smallest absolute Gasteiger partial charge is 0.243 e. The lowest BCUT2D eigenvalue weighted by Gasteiger charge is -2.17. The molecule has 8 heteroatoms. The van der Waals surface area contributed by atoms with E-state index in [2.05, 4.69) is 21.2 Å². The highest BCUT2D eigenvalue weighted by Gasteiger charge is 2.23. The molecule has 0 aliphatic carbocycles. The first-order valence-electron chi connectivity index (χ1n) is 6.56. The normalized spacial score (nSPS) is 11.5. The van der Waals surface area contributed by atoms with Crippen LogP contribution in [0, 0.1) is 0 Å². The summed E-state index contributed by atoms with van der Waals surface area (Å²) >= 11 is 9.00. The van der Waals surface area contributed by atoms with Gasteiger partial charge in [0.05, 0.1) is 11.4 Å². The van der Waals surface area contributed by atoms with Crippen molar-refractivity contribution in [3.05, 3.63) is 58.0 Å². The zero-order chi connectivity index (χ0) is 17.0. The summed E-state index contributed by atoms with van der Waals surface area (Å²) in [6.07, 6.45) is 0. The lowest BCUT2D eigenvalue weighted by Crippen LogP contribution is -2.34. The second-order valence-electron chi connectivity index (χ2n) is 4.77. The molecule has 0 atom stereocenters. The molecule has 0 aliphatic rings. The van der Waals surface area contributed by atoms with E-state index in [0.717, 1.165) is 4.31 Å². The molecule has 2 aromatic rings. The molecule has 0 aromatic heterocycles. The minimum atomic E-state index is -3.73. The first-order valence-corrected chi connectivity index (χ1v) is 9.17. The fraction of sp³-hybridized carbons (Fsp3) is 0.133. The van der Waals surface area contributed by atoms with Gasteiger partial charge in [-0.25, -0.2) is 8.42 Å². The lowest BCUT2D eigenvalue weighted by molar-refractivity contribution is -0.116. The number of halogens is 2. The van der Waals surface area contributed by atoms with Crippen LogP contribution < -0.4 is 5.32 Å². The third-order valence-corrected chi connectivity index (χ3v) is 5.54. The summed E-state index contributed by atoms with van der Waals surface area (Å²) in [6, 6.07) is 12.9. The van der Waals surface area contributed by atoms with Gasteiger partial charge < -0.3 is 5.32 Å². The van der Waals surface area contributed by atoms with Crippen LogP contribution in [-0.2, 0) is 14.8 Å². The van der Waals surface area contributed by atoms with Gasteiger partial charge in [-0.05, 0) is 42.5 Å². The van der Waals surface area contributed by atoms with Crippen molar-refractivity contribution < 1.29 is 13.2 Å². The summed E-state index contributed by atoms with van der Waals surface area (Å²) in [5.41, 5.74) is 0.549. The van der Waals surface area contributed by atoms with Gasteiger partial charge in [-0.2, -0.15) is 4.31 Å². The number of amides is 1. The van der Waals surface area contributed by atoms with E-state index >= 15 is 0 Å². The summed E-state index contributed by atoms with van der Waals surface area (Å²) in [4.78, 5) is 12.1. The SMILES string of the molecule is CN(CC(=O)Nc1ccc(Cl)cc1)S(=O)(=O)c1cccc(Br)c1. The average molecular weight is 418 g/mol. The van der Waals surface area contributed by atoms with Crippen LogP contribution in [-0.4, -0.2) is 32.2 Å². The molecular formula is C15H14BrClN2O3S. The standard InChI is InChI=1S/C15H14BrClN2O3S/c1-19(23(21,22)14-4-2-3-11(16)9-14)10-15(20)18-13-7-5-12(17)6-8-13/h2-9H,10H2,1H3,(H,18,20). The molecule has 23 heavy (non-hydrogen) atoms. The van der Waals surface area contributed by atoms with Gasteiger partial charge in [0.15, 0.2) is 0 Å². The van der Waals surface area contributed by atoms with Crippen LogP contribution in [0.15, 0.2) is 57.9 Å². The van der Waals surface area contributed by atoms with Gasteiger partial charge in [0.25, 0.3) is 0 Å². The molecule has 0 spiro atoms. The van der Waals surface area contributed by atoms with Gasteiger partial charge in [0.2, 0.25) is 15.9 Å². The maximum Gasteiger partial charge on any atom is 0.243 e. The van der Waals surface area contributed by atoms with Crippen molar-refractivity contribution >= 4 is 49.1 Å². The molecule has 2 aromatic carbocycles. The largest absolute Gasteiger partial charge is 0.325 e. The third-order valence-electron chi connectivity index (χ3n) is 3.00. The Labute approximate surface area is 148 Å². The quantitative estimate of drug-likeness (QED) is 0.811. The topological polar surface area (TPSA) is 66.5 Å². The molecule has 0 unspecified atom stereocenters. The molecule has 0 aliphatic heterocycles. The van der Waals surface area contributed by atoms with Gasteiger partial charge in [0.1, 0.15) is 0 Å². The highest BCUT2D eigenvalue weighted by atomic mass is 79.9. The van der Waals surface area contributed by atoms with E-state index in [1.165, 1.54) is 19.2 Å². The predicted molar refractivity (Wildman–Crippen MR) is 94.0 cm³/mol. The number of likely N-dealkylation sites (N-methyl/N-ethyl adjacent to an activating group) is 1. The lowest BCUT2D eigenvalue weighted by atomic mass is 10.3. The molecule has 0 saturated heterocycles. The van der Waals surface area contributed by atoms with Crippen LogP contribution in [0.25, 0.3) is 0 Å². The Balaban J connectivity index is 2.06. The molecule has 5 nitrogen and oxygen atoms in total. The second kappa shape index (κ2) is 7.44. The van der Waals surface area contributed by atoms with Crippen LogP contribution in [0.5, 0.6) is 0 Å². The summed E-state index contributed by atoms with van der Waals surface area (Å²) in [5.74, 6) is -0.437. The molecule has 1 amide bonds. The van der Waals surface area contributed by atoms with E-state index in [1.54, 1.807) is 36.4 Å². The van der Waals surface area contributed by atoms with Crippen molar-refractivity contribution in [2.75, 3.05) is 18.9 Å². The molecular weight excluding hydrogens is 404 g/mol. The molecule has 1 N–H and O–H groups in total. The van der Waals surface area contributed by atoms with Crippen LogP contribution in [0.3, 0.4) is 0 Å². The van der Waals surface area contributed by atoms with Gasteiger partial charge in [-0.1, -0.05) is 33.6 Å². The summed E-state index contributed by atoms with van der Waals surface area (Å²) in [5, 5.41) is 3.18. The van der Waals surface area contributed by atoms with Crippen molar-refractivity contribution in [2.24, 2.45) is 0 Å². The zero-order valence-electron chi connectivity index (χ0n) is 12.2. The number of carbonyl (C=O) groups is 1. The first-order chi connectivity index (χ1) is 10.8. The van der Waals surface area contributed by atoms with Crippen LogP contribution >= 0.6 is 27.5 Å². The van der Waals surface area contributed by atoms with Gasteiger partial charge in [-0.15, -0.1) is 0 Å². The van der Waals surface area contributed by atoms with Crippen molar-refractivity contribution in [2.45, 2.75) is 4.90 Å². The van der Waals surface area contributed by atoms with Crippen LogP contribution in [0.1, 0.15) is 0 Å². The maximum atomic E-state index is 12.4. The van der Waals surface area contributed by atoms with Crippen molar-refractivity contribution in [1.29, 1.82) is 0 Å². The van der Waals surface area contributed by atoms with Crippen LogP contribution in [0.2, 0.25) is 5.02 Å². The Kier molecular flexibility index (Phi) is 5.80. The summed E-state index contributed by atoms with van der Waals surface area (Å²) < 4.78 is 26.5. The van der Waals surface area contributed by atoms with E-state index in [0.29, 0.717) is 15.2 Å². The highest BCUT2D eigenvalue weighted by Crippen LogP contribution is 2.19. The average Bonchev–Trinajstić information content (AvgIpc) is 2.49. The maximum absolute atomic E-state index is 12.4. The summed E-state index contributed by atoms with van der Waals surface area (Å²) in [6.45, 7) is -0.294. The second-order valence-corrected chi connectivity index (χ2v) is 8.17. The summed E-state index contributed by atoms with van der Waals surface area (Å²) in [7, 11) is -2.38. The monoisotopic (exact) mass is 416 g/mol. The van der Waals surface area contributed by atoms with E-state index in [-0.39, 0.29) is 11.4 Å². The zero-order valence-corrected chi connectivity index (χ0v) is 15.3. The van der Waals surface area contributed by atoms with Gasteiger partial charge >= 0.3 is 0 Å². The predicted octanol–water partition coefficient (Wildman–Crippen LogP) is 3.36. The Bertz CT molecular complexity index is 810. The fourth-order valence-corrected chi connectivity index (χ4v) is 3.68. The molecule has 0 radical (unpaired) electrons. The van der Waals surface area contributed by atoms with E-state index in [1.807, 2.05) is 0 Å². The molecule has 0 bridgehead atoms. The molecule has 0 heterocycles. The minimum Gasteiger partial charge on any atom is -0.325 e. The number of anilines is 1. The molecule has 0 fully saturated rings. The van der Waals surface area contributed by atoms with Crippen molar-refractivity contribution in [1.82, 2.24) is 4.31 Å². The number of hydrogen-bond donors (Lipinski definition) is 1. The van der Waals surface area contributed by atoms with Gasteiger partial charge in [-0.3, -0.25) is 4.79 Å².